The molecular weight excluding hydrogens is 326 g/mol. The van der Waals surface area contributed by atoms with Gasteiger partial charge in [-0.2, -0.15) is 5.26 Å². The summed E-state index contributed by atoms with van der Waals surface area (Å²) in [6.07, 6.45) is 2.65. The van der Waals surface area contributed by atoms with E-state index in [0.29, 0.717) is 5.56 Å². The van der Waals surface area contributed by atoms with Crippen LogP contribution in [0.1, 0.15) is 35.2 Å². The van der Waals surface area contributed by atoms with Gasteiger partial charge in [-0.05, 0) is 49.9 Å². The summed E-state index contributed by atoms with van der Waals surface area (Å²) in [5.41, 5.74) is 3.81. The van der Waals surface area contributed by atoms with Crippen LogP contribution in [0.4, 0.5) is 5.82 Å². The van der Waals surface area contributed by atoms with E-state index >= 15 is 0 Å². The topological polar surface area (TPSA) is 58.4 Å². The zero-order valence-electron chi connectivity index (χ0n) is 15.3. The van der Waals surface area contributed by atoms with E-state index in [9.17, 15) is 5.26 Å². The smallest absolute Gasteiger partial charge is 0.146 e. The highest BCUT2D eigenvalue weighted by atomic mass is 16.5. The minimum absolute atomic E-state index is 0.298. The van der Waals surface area contributed by atoms with Crippen LogP contribution >= 0.6 is 0 Å². The van der Waals surface area contributed by atoms with E-state index in [1.807, 2.05) is 25.1 Å². The molecule has 0 bridgehead atoms. The van der Waals surface area contributed by atoms with Crippen molar-refractivity contribution >= 4 is 5.82 Å². The lowest BCUT2D eigenvalue weighted by atomic mass is 9.78. The third-order valence-corrected chi connectivity index (χ3v) is 5.54. The van der Waals surface area contributed by atoms with Crippen molar-refractivity contribution < 1.29 is 9.47 Å². The predicted molar refractivity (Wildman–Crippen MR) is 99.5 cm³/mol. The fourth-order valence-corrected chi connectivity index (χ4v) is 4.25. The van der Waals surface area contributed by atoms with Gasteiger partial charge in [-0.25, -0.2) is 4.98 Å². The molecule has 134 valence electrons. The SMILES string of the molecule is COc1cccc2c1C1(CCN(c3nc(C)ccc3C#N)CC1)OCC2. The van der Waals surface area contributed by atoms with Gasteiger partial charge in [0.05, 0.1) is 19.3 Å². The number of aromatic nitrogens is 1. The highest BCUT2D eigenvalue weighted by Crippen LogP contribution is 2.46. The molecule has 2 aliphatic rings. The maximum Gasteiger partial charge on any atom is 0.146 e. The molecule has 0 amide bonds. The van der Waals surface area contributed by atoms with E-state index in [1.54, 1.807) is 7.11 Å². The van der Waals surface area contributed by atoms with E-state index in [2.05, 4.69) is 28.1 Å². The molecule has 2 aromatic rings. The predicted octanol–water partition coefficient (Wildman–Crippen LogP) is 3.34. The minimum Gasteiger partial charge on any atom is -0.496 e. The van der Waals surface area contributed by atoms with Crippen molar-refractivity contribution in [2.24, 2.45) is 0 Å². The fraction of sp³-hybridized carbons (Fsp3) is 0.429. The third kappa shape index (κ3) is 2.71. The molecule has 1 spiro atoms. The van der Waals surface area contributed by atoms with Crippen LogP contribution < -0.4 is 9.64 Å². The van der Waals surface area contributed by atoms with Gasteiger partial charge in [0.25, 0.3) is 0 Å². The zero-order valence-corrected chi connectivity index (χ0v) is 15.3. The molecular formula is C21H23N3O2. The molecule has 0 N–H and O–H groups in total. The van der Waals surface area contributed by atoms with Crippen LogP contribution in [0.15, 0.2) is 30.3 Å². The Labute approximate surface area is 154 Å². The molecule has 5 heteroatoms. The first-order valence-corrected chi connectivity index (χ1v) is 9.10. The van der Waals surface area contributed by atoms with E-state index in [1.165, 1.54) is 11.1 Å². The van der Waals surface area contributed by atoms with E-state index in [4.69, 9.17) is 9.47 Å². The van der Waals surface area contributed by atoms with Crippen LogP contribution in [0, 0.1) is 18.3 Å². The van der Waals surface area contributed by atoms with Crippen LogP contribution in [0.25, 0.3) is 0 Å². The number of hydrogen-bond donors (Lipinski definition) is 0. The number of hydrogen-bond acceptors (Lipinski definition) is 5. The number of rotatable bonds is 2. The molecule has 0 radical (unpaired) electrons. The van der Waals surface area contributed by atoms with Gasteiger partial charge in [0.15, 0.2) is 0 Å². The zero-order chi connectivity index (χ0) is 18.1. The van der Waals surface area contributed by atoms with Crippen LogP contribution in [0.3, 0.4) is 0 Å². The van der Waals surface area contributed by atoms with Gasteiger partial charge >= 0.3 is 0 Å². The molecule has 1 fully saturated rings. The van der Waals surface area contributed by atoms with E-state index in [-0.39, 0.29) is 5.60 Å². The Balaban J connectivity index is 1.65. The number of anilines is 1. The molecule has 3 heterocycles. The number of benzene rings is 1. The van der Waals surface area contributed by atoms with Crippen LogP contribution in [-0.2, 0) is 16.8 Å². The lowest BCUT2D eigenvalue weighted by Gasteiger charge is -2.45. The van der Waals surface area contributed by atoms with Gasteiger partial charge in [0.1, 0.15) is 23.2 Å². The van der Waals surface area contributed by atoms with E-state index < -0.39 is 0 Å². The maximum atomic E-state index is 9.42. The normalized spacial score (nSPS) is 18.3. The first-order valence-electron chi connectivity index (χ1n) is 9.10. The quantitative estimate of drug-likeness (QED) is 0.832. The van der Waals surface area contributed by atoms with Crippen molar-refractivity contribution in [3.8, 4) is 11.8 Å². The molecule has 5 nitrogen and oxygen atoms in total. The van der Waals surface area contributed by atoms with Crippen molar-refractivity contribution in [3.63, 3.8) is 0 Å². The second-order valence-corrected chi connectivity index (χ2v) is 7.01. The van der Waals surface area contributed by atoms with Gasteiger partial charge < -0.3 is 14.4 Å². The van der Waals surface area contributed by atoms with Crippen molar-refractivity contribution in [2.75, 3.05) is 31.7 Å². The Morgan fingerprint density at radius 3 is 2.77 bits per heavy atom. The maximum absolute atomic E-state index is 9.42. The van der Waals surface area contributed by atoms with Crippen LogP contribution in [-0.4, -0.2) is 31.8 Å². The number of ether oxygens (including phenoxy) is 2. The van der Waals surface area contributed by atoms with Gasteiger partial charge in [-0.3, -0.25) is 0 Å². The first-order chi connectivity index (χ1) is 12.7. The lowest BCUT2D eigenvalue weighted by molar-refractivity contribution is -0.0780. The van der Waals surface area contributed by atoms with Gasteiger partial charge in [-0.15, -0.1) is 0 Å². The second kappa shape index (κ2) is 6.62. The molecule has 26 heavy (non-hydrogen) atoms. The highest BCUT2D eigenvalue weighted by molar-refractivity contribution is 5.55. The molecule has 0 saturated carbocycles. The third-order valence-electron chi connectivity index (χ3n) is 5.54. The number of piperidine rings is 1. The van der Waals surface area contributed by atoms with Crippen molar-refractivity contribution in [3.05, 3.63) is 52.7 Å². The summed E-state index contributed by atoms with van der Waals surface area (Å²) in [6.45, 7) is 4.32. The molecule has 2 aliphatic heterocycles. The lowest BCUT2D eigenvalue weighted by Crippen LogP contribution is -2.47. The molecule has 1 aromatic heterocycles. The fourth-order valence-electron chi connectivity index (χ4n) is 4.25. The van der Waals surface area contributed by atoms with Crippen molar-refractivity contribution in [1.82, 2.24) is 4.98 Å². The molecule has 0 aliphatic carbocycles. The summed E-state index contributed by atoms with van der Waals surface area (Å²) in [6, 6.07) is 12.3. The average Bonchev–Trinajstić information content (AvgIpc) is 2.68. The molecule has 1 saturated heterocycles. The highest BCUT2D eigenvalue weighted by Gasteiger charge is 2.43. The molecule has 0 atom stereocenters. The summed E-state index contributed by atoms with van der Waals surface area (Å²) < 4.78 is 12.0. The Morgan fingerprint density at radius 1 is 1.23 bits per heavy atom. The van der Waals surface area contributed by atoms with Crippen LogP contribution in [0.2, 0.25) is 0 Å². The summed E-state index contributed by atoms with van der Waals surface area (Å²) >= 11 is 0. The Morgan fingerprint density at radius 2 is 2.04 bits per heavy atom. The number of methoxy groups -OCH3 is 1. The summed E-state index contributed by atoms with van der Waals surface area (Å²) in [5.74, 6) is 1.71. The molecule has 4 rings (SSSR count). The molecule has 1 aromatic carbocycles. The van der Waals surface area contributed by atoms with Crippen LogP contribution in [0.5, 0.6) is 5.75 Å². The first kappa shape index (κ1) is 16.9. The number of nitriles is 1. The number of fused-ring (bicyclic) bond motifs is 2. The Kier molecular flexibility index (Phi) is 4.29. The van der Waals surface area contributed by atoms with Gasteiger partial charge in [0, 0.05) is 24.3 Å². The second-order valence-electron chi connectivity index (χ2n) is 7.01. The summed E-state index contributed by atoms with van der Waals surface area (Å²) in [7, 11) is 1.73. The number of nitrogens with zero attached hydrogens (tertiary/aromatic N) is 3. The van der Waals surface area contributed by atoms with Crippen molar-refractivity contribution in [1.29, 1.82) is 5.26 Å². The largest absolute Gasteiger partial charge is 0.496 e. The minimum atomic E-state index is -0.298. The number of aryl methyl sites for hydroxylation is 1. The van der Waals surface area contributed by atoms with Crippen molar-refractivity contribution in [2.45, 2.75) is 31.8 Å². The Bertz CT molecular complexity index is 850. The van der Waals surface area contributed by atoms with Gasteiger partial charge in [0.2, 0.25) is 0 Å². The van der Waals surface area contributed by atoms with E-state index in [0.717, 1.165) is 56.2 Å². The summed E-state index contributed by atoms with van der Waals surface area (Å²) in [4.78, 5) is 6.83. The summed E-state index contributed by atoms with van der Waals surface area (Å²) in [5, 5.41) is 9.42. The number of pyridine rings is 1. The standard InChI is InChI=1S/C21H23N3O2/c1-15-6-7-17(14-22)20(23-15)24-11-9-21(10-12-24)19-16(8-13-26-21)4-3-5-18(19)25-2/h3-7H,8-13H2,1-2H3. The van der Waals surface area contributed by atoms with Gasteiger partial charge in [-0.1, -0.05) is 12.1 Å². The molecule has 0 unspecified atom stereocenters. The average molecular weight is 349 g/mol. The Hall–Kier alpha value is -2.58. The monoisotopic (exact) mass is 349 g/mol.